The van der Waals surface area contributed by atoms with Crippen molar-refractivity contribution >= 4 is 34.8 Å². The lowest BCUT2D eigenvalue weighted by atomic mass is 10.3. The van der Waals surface area contributed by atoms with Gasteiger partial charge in [0.25, 0.3) is 5.56 Å². The van der Waals surface area contributed by atoms with Crippen LogP contribution in [0.15, 0.2) is 29.1 Å². The van der Waals surface area contributed by atoms with Crippen LogP contribution in [-0.4, -0.2) is 15.1 Å². The van der Waals surface area contributed by atoms with Crippen LogP contribution in [0.5, 0.6) is 5.88 Å². The zero-order valence-corrected chi connectivity index (χ0v) is 9.88. The number of nitrogens with one attached hydrogen (secondary N) is 2. The van der Waals surface area contributed by atoms with Gasteiger partial charge in [-0.1, -0.05) is 23.2 Å². The highest BCUT2D eigenvalue weighted by Crippen LogP contribution is 2.27. The fourth-order valence-electron chi connectivity index (χ4n) is 1.22. The van der Waals surface area contributed by atoms with E-state index in [-0.39, 0.29) is 11.8 Å². The molecule has 0 aliphatic carbocycles. The van der Waals surface area contributed by atoms with Crippen molar-refractivity contribution in [3.8, 4) is 5.88 Å². The molecule has 0 saturated heterocycles. The van der Waals surface area contributed by atoms with E-state index in [1.807, 2.05) is 0 Å². The third-order valence-electron chi connectivity index (χ3n) is 1.91. The monoisotopic (exact) mass is 271 g/mol. The van der Waals surface area contributed by atoms with Gasteiger partial charge in [0.05, 0.1) is 16.8 Å². The Morgan fingerprint density at radius 3 is 2.76 bits per heavy atom. The second-order valence-corrected chi connectivity index (χ2v) is 4.05. The van der Waals surface area contributed by atoms with E-state index in [1.165, 1.54) is 0 Å². The summed E-state index contributed by atoms with van der Waals surface area (Å²) >= 11 is 11.7. The average Bonchev–Trinajstić information content (AvgIpc) is 2.22. The van der Waals surface area contributed by atoms with E-state index in [4.69, 9.17) is 28.3 Å². The fraction of sp³-hybridized carbons (Fsp3) is 0. The Hall–Kier alpha value is -1.72. The molecule has 0 bridgehead atoms. The fourth-order valence-corrected chi connectivity index (χ4v) is 1.56. The molecule has 7 heteroatoms. The highest BCUT2D eigenvalue weighted by Gasteiger charge is 2.04. The van der Waals surface area contributed by atoms with E-state index in [1.54, 1.807) is 18.2 Å². The minimum atomic E-state index is -0.474. The minimum Gasteiger partial charge on any atom is -0.493 e. The van der Waals surface area contributed by atoms with Gasteiger partial charge in [-0.2, -0.15) is 4.98 Å². The number of aromatic hydroxyl groups is 1. The number of hydrogen-bond acceptors (Lipinski definition) is 4. The van der Waals surface area contributed by atoms with Crippen molar-refractivity contribution in [2.45, 2.75) is 0 Å². The quantitative estimate of drug-likeness (QED) is 0.785. The maximum atomic E-state index is 11.1. The molecule has 1 aromatic carbocycles. The molecule has 0 atom stereocenters. The molecule has 3 N–H and O–H groups in total. The molecule has 1 aromatic heterocycles. The van der Waals surface area contributed by atoms with Gasteiger partial charge in [-0.25, -0.2) is 0 Å². The molecular weight excluding hydrogens is 265 g/mol. The minimum absolute atomic E-state index is 0.0826. The summed E-state index contributed by atoms with van der Waals surface area (Å²) in [7, 11) is 0. The topological polar surface area (TPSA) is 78.0 Å². The Labute approximate surface area is 106 Å². The third-order valence-corrected chi connectivity index (χ3v) is 2.47. The summed E-state index contributed by atoms with van der Waals surface area (Å²) in [5.74, 6) is -0.298. The van der Waals surface area contributed by atoms with E-state index < -0.39 is 5.56 Å². The van der Waals surface area contributed by atoms with Gasteiger partial charge in [0.1, 0.15) is 0 Å². The third kappa shape index (κ3) is 2.89. The van der Waals surface area contributed by atoms with Crippen molar-refractivity contribution in [1.29, 1.82) is 0 Å². The first-order chi connectivity index (χ1) is 8.04. The maximum Gasteiger partial charge on any atom is 0.256 e. The molecular formula is C10H7Cl2N3O2. The molecule has 0 amide bonds. The number of benzene rings is 1. The maximum absolute atomic E-state index is 11.1. The number of aromatic amines is 1. The second kappa shape index (κ2) is 4.65. The van der Waals surface area contributed by atoms with Gasteiger partial charge in [-0.15, -0.1) is 0 Å². The number of anilines is 2. The van der Waals surface area contributed by atoms with E-state index in [0.717, 1.165) is 6.07 Å². The van der Waals surface area contributed by atoms with Gasteiger partial charge in [0, 0.05) is 5.02 Å². The van der Waals surface area contributed by atoms with Crippen LogP contribution in [0, 0.1) is 0 Å². The zero-order valence-electron chi connectivity index (χ0n) is 8.37. The number of hydrogen-bond donors (Lipinski definition) is 3. The summed E-state index contributed by atoms with van der Waals surface area (Å²) < 4.78 is 0. The van der Waals surface area contributed by atoms with Crippen LogP contribution in [0.3, 0.4) is 0 Å². The Bertz CT molecular complexity index is 613. The highest BCUT2D eigenvalue weighted by molar-refractivity contribution is 6.35. The predicted molar refractivity (Wildman–Crippen MR) is 66.3 cm³/mol. The Kier molecular flexibility index (Phi) is 3.21. The van der Waals surface area contributed by atoms with Crippen LogP contribution < -0.4 is 10.9 Å². The largest absolute Gasteiger partial charge is 0.493 e. The van der Waals surface area contributed by atoms with Crippen LogP contribution >= 0.6 is 23.2 Å². The second-order valence-electron chi connectivity index (χ2n) is 3.20. The van der Waals surface area contributed by atoms with E-state index >= 15 is 0 Å². The van der Waals surface area contributed by atoms with Gasteiger partial charge in [0.15, 0.2) is 0 Å². The smallest absolute Gasteiger partial charge is 0.256 e. The van der Waals surface area contributed by atoms with Crippen molar-refractivity contribution in [2.24, 2.45) is 0 Å². The molecule has 0 saturated carbocycles. The normalized spacial score (nSPS) is 10.2. The average molecular weight is 272 g/mol. The molecule has 1 heterocycles. The van der Waals surface area contributed by atoms with Gasteiger partial charge in [-0.3, -0.25) is 9.78 Å². The summed E-state index contributed by atoms with van der Waals surface area (Å²) in [6, 6.07) is 5.78. The Balaban J connectivity index is 2.37. The van der Waals surface area contributed by atoms with E-state index in [0.29, 0.717) is 15.7 Å². The van der Waals surface area contributed by atoms with E-state index in [2.05, 4.69) is 15.3 Å². The molecule has 0 spiro atoms. The van der Waals surface area contributed by atoms with Crippen LogP contribution in [0.1, 0.15) is 0 Å². The number of nitrogens with zero attached hydrogens (tertiary/aromatic N) is 1. The summed E-state index contributed by atoms with van der Waals surface area (Å²) in [6.07, 6.45) is 0. The lowest BCUT2D eigenvalue weighted by Gasteiger charge is -2.07. The molecule has 5 nitrogen and oxygen atoms in total. The molecule has 0 aliphatic heterocycles. The molecule has 17 heavy (non-hydrogen) atoms. The lowest BCUT2D eigenvalue weighted by molar-refractivity contribution is 0.452. The van der Waals surface area contributed by atoms with Crippen LogP contribution in [0.25, 0.3) is 0 Å². The van der Waals surface area contributed by atoms with Gasteiger partial charge in [0.2, 0.25) is 11.8 Å². The molecule has 0 aliphatic rings. The molecule has 0 fully saturated rings. The van der Waals surface area contributed by atoms with Crippen molar-refractivity contribution in [3.05, 3.63) is 44.7 Å². The van der Waals surface area contributed by atoms with Crippen LogP contribution in [-0.2, 0) is 0 Å². The van der Waals surface area contributed by atoms with E-state index in [9.17, 15) is 4.79 Å². The number of aromatic nitrogens is 2. The molecule has 0 unspecified atom stereocenters. The summed E-state index contributed by atoms with van der Waals surface area (Å²) in [5, 5.41) is 12.8. The predicted octanol–water partition coefficient (Wildman–Crippen LogP) is 2.53. The number of rotatable bonds is 2. The molecule has 2 aromatic rings. The van der Waals surface area contributed by atoms with Crippen molar-refractivity contribution in [3.63, 3.8) is 0 Å². The summed E-state index contributed by atoms with van der Waals surface area (Å²) in [6.45, 7) is 0. The summed E-state index contributed by atoms with van der Waals surface area (Å²) in [5.41, 5.74) is 0.00562. The van der Waals surface area contributed by atoms with Crippen molar-refractivity contribution in [1.82, 2.24) is 9.97 Å². The standard InChI is InChI=1S/C10H7Cl2N3O2/c11-5-1-2-6(12)7(3-5)13-10-14-8(16)4-9(17)15-10/h1-4H,(H3,13,14,15,16,17). The first-order valence-corrected chi connectivity index (χ1v) is 5.32. The zero-order chi connectivity index (χ0) is 12.4. The Morgan fingerprint density at radius 2 is 2.06 bits per heavy atom. The van der Waals surface area contributed by atoms with Crippen LogP contribution in [0.4, 0.5) is 11.6 Å². The highest BCUT2D eigenvalue weighted by atomic mass is 35.5. The number of H-pyrrole nitrogens is 1. The van der Waals surface area contributed by atoms with Gasteiger partial charge < -0.3 is 10.4 Å². The van der Waals surface area contributed by atoms with Crippen molar-refractivity contribution in [2.75, 3.05) is 5.32 Å². The lowest BCUT2D eigenvalue weighted by Crippen LogP contribution is -2.08. The molecule has 88 valence electrons. The first-order valence-electron chi connectivity index (χ1n) is 4.57. The van der Waals surface area contributed by atoms with Crippen LogP contribution in [0.2, 0.25) is 10.0 Å². The summed E-state index contributed by atoms with van der Waals surface area (Å²) in [4.78, 5) is 17.2. The Morgan fingerprint density at radius 1 is 1.29 bits per heavy atom. The number of halogens is 2. The first kappa shape index (κ1) is 11.8. The van der Waals surface area contributed by atoms with Gasteiger partial charge in [-0.05, 0) is 18.2 Å². The SMILES string of the molecule is O=c1cc(O)nc(Nc2cc(Cl)ccc2Cl)[nH]1. The molecule has 2 rings (SSSR count). The van der Waals surface area contributed by atoms with Gasteiger partial charge >= 0.3 is 0 Å². The van der Waals surface area contributed by atoms with Crippen molar-refractivity contribution < 1.29 is 5.11 Å². The molecule has 0 radical (unpaired) electrons.